The lowest BCUT2D eigenvalue weighted by molar-refractivity contribution is -0.130. The summed E-state index contributed by atoms with van der Waals surface area (Å²) in [5, 5.41) is 1.06. The van der Waals surface area contributed by atoms with E-state index in [-0.39, 0.29) is 35.1 Å². The zero-order chi connectivity index (χ0) is 24.4. The van der Waals surface area contributed by atoms with Crippen LogP contribution >= 0.6 is 0 Å². The third kappa shape index (κ3) is 4.15. The molecule has 4 rings (SSSR count). The number of carbonyl (C=O) groups is 4. The van der Waals surface area contributed by atoms with E-state index in [9.17, 15) is 19.2 Å². The Kier molecular flexibility index (Phi) is 6.42. The normalized spacial score (nSPS) is 15.9. The van der Waals surface area contributed by atoms with Gasteiger partial charge in [0.25, 0.3) is 23.5 Å². The maximum Gasteiger partial charge on any atom is 0.295 e. The number of hydroxylamine groups is 2. The number of nitrogens with one attached hydrogen (secondary N) is 1. The molecule has 1 N–H and O–H groups in total. The van der Waals surface area contributed by atoms with Crippen LogP contribution in [0.3, 0.4) is 0 Å². The van der Waals surface area contributed by atoms with Crippen molar-refractivity contribution in [3.63, 3.8) is 0 Å². The molecule has 176 valence electrons. The van der Waals surface area contributed by atoms with Gasteiger partial charge in [-0.2, -0.15) is 0 Å². The van der Waals surface area contributed by atoms with Gasteiger partial charge in [0.2, 0.25) is 0 Å². The van der Waals surface area contributed by atoms with Gasteiger partial charge in [0.05, 0.1) is 23.8 Å². The Bertz CT molecular complexity index is 1260. The summed E-state index contributed by atoms with van der Waals surface area (Å²) in [5.74, 6) is -1.93. The van der Waals surface area contributed by atoms with Gasteiger partial charge in [-0.05, 0) is 25.1 Å². The molecule has 1 saturated heterocycles. The number of nitrogens with zero attached hydrogens (tertiary/aromatic N) is 4. The number of Topliss-reactive ketones (excluding diaryl/α,β-unsaturated/α-hetero) is 1. The number of ketones is 1. The number of aromatic nitrogens is 2. The summed E-state index contributed by atoms with van der Waals surface area (Å²) in [7, 11) is 2.84. The quantitative estimate of drug-likeness (QED) is 0.350. The van der Waals surface area contributed by atoms with Crippen molar-refractivity contribution >= 4 is 34.5 Å². The predicted octanol–water partition coefficient (Wildman–Crippen LogP) is 1.75. The Labute approximate surface area is 196 Å². The SMILES string of the molecule is CON(C)C(=O)c1ccnc2c(C(=O)C(=O)N3CCN(C(=O)c4ccccc4)C[C@@H]3C)c[nH]c12. The number of benzene rings is 1. The predicted molar refractivity (Wildman–Crippen MR) is 123 cm³/mol. The van der Waals surface area contributed by atoms with E-state index in [4.69, 9.17) is 4.84 Å². The summed E-state index contributed by atoms with van der Waals surface area (Å²) >= 11 is 0. The number of carbonyl (C=O) groups excluding carboxylic acids is 4. The highest BCUT2D eigenvalue weighted by molar-refractivity contribution is 6.44. The highest BCUT2D eigenvalue weighted by Crippen LogP contribution is 2.23. The summed E-state index contributed by atoms with van der Waals surface area (Å²) in [6.45, 7) is 2.69. The monoisotopic (exact) mass is 463 g/mol. The lowest BCUT2D eigenvalue weighted by atomic mass is 10.1. The van der Waals surface area contributed by atoms with Crippen molar-refractivity contribution in [2.24, 2.45) is 0 Å². The van der Waals surface area contributed by atoms with Gasteiger partial charge in [0.15, 0.2) is 0 Å². The third-order valence-electron chi connectivity index (χ3n) is 5.99. The first-order chi connectivity index (χ1) is 16.3. The minimum absolute atomic E-state index is 0.0877. The number of fused-ring (bicyclic) bond motifs is 1. The van der Waals surface area contributed by atoms with Gasteiger partial charge in [-0.25, -0.2) is 5.06 Å². The minimum atomic E-state index is -0.724. The maximum absolute atomic E-state index is 13.1. The van der Waals surface area contributed by atoms with Crippen LogP contribution in [0.5, 0.6) is 0 Å². The third-order valence-corrected chi connectivity index (χ3v) is 5.99. The van der Waals surface area contributed by atoms with Gasteiger partial charge >= 0.3 is 0 Å². The molecule has 0 radical (unpaired) electrons. The molecule has 1 aliphatic heterocycles. The lowest BCUT2D eigenvalue weighted by Gasteiger charge is -2.39. The Balaban J connectivity index is 1.51. The molecule has 1 atom stereocenters. The Morgan fingerprint density at radius 1 is 1.09 bits per heavy atom. The molecule has 1 aliphatic rings. The van der Waals surface area contributed by atoms with Crippen molar-refractivity contribution in [2.45, 2.75) is 13.0 Å². The number of rotatable bonds is 5. The van der Waals surface area contributed by atoms with Crippen LogP contribution in [0.1, 0.15) is 38.0 Å². The van der Waals surface area contributed by atoms with E-state index in [1.54, 1.807) is 36.1 Å². The fourth-order valence-corrected chi connectivity index (χ4v) is 4.08. The Morgan fingerprint density at radius 2 is 1.82 bits per heavy atom. The van der Waals surface area contributed by atoms with Crippen LogP contribution in [0.4, 0.5) is 0 Å². The van der Waals surface area contributed by atoms with Crippen LogP contribution in [0.15, 0.2) is 48.8 Å². The molecule has 0 bridgehead atoms. The van der Waals surface area contributed by atoms with Crippen LogP contribution in [-0.4, -0.2) is 88.2 Å². The van der Waals surface area contributed by atoms with Gasteiger partial charge in [-0.1, -0.05) is 18.2 Å². The average Bonchev–Trinajstić information content (AvgIpc) is 3.31. The summed E-state index contributed by atoms with van der Waals surface area (Å²) in [4.78, 5) is 66.7. The van der Waals surface area contributed by atoms with Crippen molar-refractivity contribution in [1.29, 1.82) is 0 Å². The largest absolute Gasteiger partial charge is 0.358 e. The van der Waals surface area contributed by atoms with Crippen molar-refractivity contribution in [3.05, 3.63) is 65.5 Å². The summed E-state index contributed by atoms with van der Waals surface area (Å²) in [5.41, 5.74) is 1.52. The van der Waals surface area contributed by atoms with Gasteiger partial charge in [-0.3, -0.25) is 29.0 Å². The number of hydrogen-bond donors (Lipinski definition) is 1. The topological polar surface area (TPSA) is 116 Å². The number of aromatic amines is 1. The second kappa shape index (κ2) is 9.44. The van der Waals surface area contributed by atoms with E-state index in [0.29, 0.717) is 24.2 Å². The van der Waals surface area contributed by atoms with E-state index < -0.39 is 17.6 Å². The zero-order valence-electron chi connectivity index (χ0n) is 19.1. The van der Waals surface area contributed by atoms with Crippen molar-refractivity contribution in [3.8, 4) is 0 Å². The Hall–Kier alpha value is -4.05. The Morgan fingerprint density at radius 3 is 2.50 bits per heavy atom. The number of pyridine rings is 1. The molecule has 1 fully saturated rings. The smallest absolute Gasteiger partial charge is 0.295 e. The molecule has 10 nitrogen and oxygen atoms in total. The summed E-state index contributed by atoms with van der Waals surface area (Å²) < 4.78 is 0. The molecule has 34 heavy (non-hydrogen) atoms. The molecule has 10 heteroatoms. The highest BCUT2D eigenvalue weighted by Gasteiger charge is 2.34. The van der Waals surface area contributed by atoms with Gasteiger partial charge < -0.3 is 14.8 Å². The summed E-state index contributed by atoms with van der Waals surface area (Å²) in [6.07, 6.45) is 2.80. The molecule has 3 aromatic rings. The van der Waals surface area contributed by atoms with Crippen LogP contribution in [0.2, 0.25) is 0 Å². The second-order valence-electron chi connectivity index (χ2n) is 8.06. The van der Waals surface area contributed by atoms with Gasteiger partial charge in [-0.15, -0.1) is 0 Å². The number of H-pyrrole nitrogens is 1. The van der Waals surface area contributed by atoms with Crippen LogP contribution in [-0.2, 0) is 9.63 Å². The van der Waals surface area contributed by atoms with Crippen molar-refractivity contribution in [1.82, 2.24) is 24.8 Å². The molecule has 3 amide bonds. The molecule has 2 aromatic heterocycles. The molecular weight excluding hydrogens is 438 g/mol. The summed E-state index contributed by atoms with van der Waals surface area (Å²) in [6, 6.07) is 10.1. The second-order valence-corrected chi connectivity index (χ2v) is 8.06. The lowest BCUT2D eigenvalue weighted by Crippen LogP contribution is -2.56. The fraction of sp³-hybridized carbons (Fsp3) is 0.292. The number of piperazine rings is 1. The number of hydrogen-bond acceptors (Lipinski definition) is 6. The first kappa shape index (κ1) is 23.1. The molecule has 0 unspecified atom stereocenters. The van der Waals surface area contributed by atoms with E-state index in [2.05, 4.69) is 9.97 Å². The number of amides is 3. The molecule has 0 spiro atoms. The average molecular weight is 463 g/mol. The first-order valence-corrected chi connectivity index (χ1v) is 10.8. The maximum atomic E-state index is 13.1. The molecular formula is C24H25N5O5. The molecule has 0 aliphatic carbocycles. The van der Waals surface area contributed by atoms with Crippen LogP contribution in [0.25, 0.3) is 11.0 Å². The fourth-order valence-electron chi connectivity index (χ4n) is 4.08. The molecule has 3 heterocycles. The van der Waals surface area contributed by atoms with E-state index in [1.165, 1.54) is 37.5 Å². The highest BCUT2D eigenvalue weighted by atomic mass is 16.7. The van der Waals surface area contributed by atoms with E-state index in [1.807, 2.05) is 6.07 Å². The standard InChI is InChI=1S/C24H25N5O5/c1-15-14-28(22(31)16-7-5-4-6-8-16)11-12-29(15)24(33)21(30)18-13-26-19-17(9-10-25-20(18)19)23(32)27(2)34-3/h4-10,13,15,26H,11-12,14H2,1-3H3/t15-/m0/s1. The first-order valence-electron chi connectivity index (χ1n) is 10.8. The van der Waals surface area contributed by atoms with Gasteiger partial charge in [0.1, 0.15) is 5.52 Å². The molecule has 1 aromatic carbocycles. The van der Waals surface area contributed by atoms with E-state index in [0.717, 1.165) is 5.06 Å². The van der Waals surface area contributed by atoms with Crippen LogP contribution < -0.4 is 0 Å². The van der Waals surface area contributed by atoms with Crippen LogP contribution in [0, 0.1) is 0 Å². The van der Waals surface area contributed by atoms with Crippen molar-refractivity contribution < 1.29 is 24.0 Å². The van der Waals surface area contributed by atoms with E-state index >= 15 is 0 Å². The van der Waals surface area contributed by atoms with Crippen molar-refractivity contribution in [2.75, 3.05) is 33.8 Å². The van der Waals surface area contributed by atoms with Gasteiger partial charge in [0, 0.05) is 50.7 Å². The molecule has 0 saturated carbocycles. The minimum Gasteiger partial charge on any atom is -0.358 e. The zero-order valence-corrected chi connectivity index (χ0v) is 19.1.